The third kappa shape index (κ3) is 4.29. The first-order valence-electron chi connectivity index (χ1n) is 10.8. The van der Waals surface area contributed by atoms with Crippen LogP contribution in [0.5, 0.6) is 0 Å². The van der Waals surface area contributed by atoms with Crippen LogP contribution in [0.4, 0.5) is 4.79 Å². The maximum absolute atomic E-state index is 12.8. The van der Waals surface area contributed by atoms with Crippen molar-refractivity contribution >= 4 is 17.8 Å². The highest BCUT2D eigenvalue weighted by atomic mass is 16.2. The molecule has 1 aromatic rings. The molecule has 0 bridgehead atoms. The van der Waals surface area contributed by atoms with Crippen LogP contribution in [0.2, 0.25) is 0 Å². The van der Waals surface area contributed by atoms with Gasteiger partial charge in [-0.25, -0.2) is 4.79 Å². The van der Waals surface area contributed by atoms with Crippen molar-refractivity contribution in [3.8, 4) is 0 Å². The Hall–Kier alpha value is -2.41. The number of hydrogen-bond acceptors (Lipinski definition) is 4. The van der Waals surface area contributed by atoms with Crippen LogP contribution in [-0.4, -0.2) is 70.8 Å². The summed E-state index contributed by atoms with van der Waals surface area (Å²) in [5.74, 6) is -0.114. The topological polar surface area (TPSA) is 73.0 Å². The van der Waals surface area contributed by atoms with Gasteiger partial charge < -0.3 is 10.2 Å². The van der Waals surface area contributed by atoms with E-state index < -0.39 is 5.54 Å². The van der Waals surface area contributed by atoms with Crippen LogP contribution in [0, 0.1) is 0 Å². The largest absolute Gasteiger partial charge is 0.340 e. The van der Waals surface area contributed by atoms with E-state index in [2.05, 4.69) is 22.3 Å². The molecule has 4 amide bonds. The fourth-order valence-electron chi connectivity index (χ4n) is 4.74. The summed E-state index contributed by atoms with van der Waals surface area (Å²) in [6, 6.07) is 10.0. The maximum atomic E-state index is 12.8. The molecule has 2 saturated heterocycles. The second kappa shape index (κ2) is 8.53. The normalized spacial score (nSPS) is 22.2. The first kappa shape index (κ1) is 19.9. The Bertz CT molecular complexity index is 753. The summed E-state index contributed by atoms with van der Waals surface area (Å²) < 4.78 is 0. The van der Waals surface area contributed by atoms with Gasteiger partial charge in [0.2, 0.25) is 5.91 Å². The predicted molar refractivity (Wildman–Crippen MR) is 109 cm³/mol. The number of carbonyl (C=O) groups is 3. The molecule has 29 heavy (non-hydrogen) atoms. The number of piperazine rings is 1. The van der Waals surface area contributed by atoms with E-state index >= 15 is 0 Å². The molecule has 156 valence electrons. The van der Waals surface area contributed by atoms with Crippen molar-refractivity contribution in [1.82, 2.24) is 20.0 Å². The average Bonchev–Trinajstić information content (AvgIpc) is 2.97. The molecule has 3 aliphatic rings. The van der Waals surface area contributed by atoms with Crippen LogP contribution in [0.15, 0.2) is 30.3 Å². The zero-order valence-electron chi connectivity index (χ0n) is 16.9. The van der Waals surface area contributed by atoms with Crippen LogP contribution in [0.3, 0.4) is 0 Å². The van der Waals surface area contributed by atoms with Crippen molar-refractivity contribution in [2.24, 2.45) is 0 Å². The quantitative estimate of drug-likeness (QED) is 0.770. The summed E-state index contributed by atoms with van der Waals surface area (Å²) in [5.41, 5.74) is 0.573. The lowest BCUT2D eigenvalue weighted by atomic mass is 9.82. The van der Waals surface area contributed by atoms with Crippen LogP contribution < -0.4 is 5.32 Å². The molecule has 0 atom stereocenters. The van der Waals surface area contributed by atoms with Crippen LogP contribution in [0.1, 0.15) is 44.1 Å². The van der Waals surface area contributed by atoms with Gasteiger partial charge in [-0.15, -0.1) is 0 Å². The van der Waals surface area contributed by atoms with Gasteiger partial charge >= 0.3 is 6.03 Å². The summed E-state index contributed by atoms with van der Waals surface area (Å²) in [4.78, 5) is 43.2. The molecule has 2 heterocycles. The minimum atomic E-state index is -0.707. The Balaban J connectivity index is 1.24. The zero-order chi connectivity index (χ0) is 20.3. The number of nitrogens with one attached hydrogen (secondary N) is 1. The number of imide groups is 1. The fourth-order valence-corrected chi connectivity index (χ4v) is 4.74. The molecule has 1 spiro atoms. The van der Waals surface area contributed by atoms with Gasteiger partial charge in [-0.05, 0) is 18.4 Å². The second-order valence-corrected chi connectivity index (χ2v) is 8.42. The van der Waals surface area contributed by atoms with Crippen molar-refractivity contribution in [2.75, 3.05) is 32.7 Å². The van der Waals surface area contributed by atoms with E-state index in [4.69, 9.17) is 0 Å². The molecule has 4 rings (SSSR count). The van der Waals surface area contributed by atoms with Crippen molar-refractivity contribution < 1.29 is 14.4 Å². The summed E-state index contributed by atoms with van der Waals surface area (Å²) in [7, 11) is 0. The van der Waals surface area contributed by atoms with E-state index in [1.165, 1.54) is 10.5 Å². The molecule has 3 fully saturated rings. The third-order valence-electron chi connectivity index (χ3n) is 6.48. The van der Waals surface area contributed by atoms with E-state index in [1.54, 1.807) is 0 Å². The van der Waals surface area contributed by atoms with Crippen LogP contribution >= 0.6 is 0 Å². The van der Waals surface area contributed by atoms with E-state index in [0.29, 0.717) is 25.9 Å². The molecule has 0 radical (unpaired) electrons. The van der Waals surface area contributed by atoms with E-state index in [-0.39, 0.29) is 30.8 Å². The fraction of sp³-hybridized carbons (Fsp3) is 0.591. The highest BCUT2D eigenvalue weighted by Crippen LogP contribution is 2.33. The van der Waals surface area contributed by atoms with Gasteiger partial charge in [-0.1, -0.05) is 49.6 Å². The van der Waals surface area contributed by atoms with Crippen molar-refractivity contribution in [1.29, 1.82) is 0 Å². The second-order valence-electron chi connectivity index (χ2n) is 8.42. The molecule has 7 heteroatoms. The summed E-state index contributed by atoms with van der Waals surface area (Å²) in [6.07, 6.45) is 4.67. The maximum Gasteiger partial charge on any atom is 0.325 e. The Morgan fingerprint density at radius 3 is 2.34 bits per heavy atom. The minimum absolute atomic E-state index is 0.0227. The highest BCUT2D eigenvalue weighted by Gasteiger charge is 2.51. The zero-order valence-corrected chi connectivity index (χ0v) is 16.9. The van der Waals surface area contributed by atoms with Gasteiger partial charge in [0.1, 0.15) is 5.54 Å². The van der Waals surface area contributed by atoms with Crippen molar-refractivity contribution in [3.05, 3.63) is 35.9 Å². The average molecular weight is 399 g/mol. The van der Waals surface area contributed by atoms with Gasteiger partial charge in [-0.2, -0.15) is 0 Å². The van der Waals surface area contributed by atoms with Crippen LogP contribution in [0.25, 0.3) is 0 Å². The number of rotatable bonds is 5. The number of amides is 4. The van der Waals surface area contributed by atoms with Crippen LogP contribution in [-0.2, 0) is 16.1 Å². The summed E-state index contributed by atoms with van der Waals surface area (Å²) >= 11 is 0. The van der Waals surface area contributed by atoms with Gasteiger partial charge in [0.05, 0.1) is 0 Å². The Morgan fingerprint density at radius 1 is 0.966 bits per heavy atom. The smallest absolute Gasteiger partial charge is 0.325 e. The molecular formula is C22H30N4O3. The number of nitrogens with zero attached hydrogens (tertiary/aromatic N) is 3. The molecule has 0 unspecified atom stereocenters. The van der Waals surface area contributed by atoms with Gasteiger partial charge in [0.25, 0.3) is 5.91 Å². The molecular weight excluding hydrogens is 368 g/mol. The monoisotopic (exact) mass is 398 g/mol. The van der Waals surface area contributed by atoms with E-state index in [0.717, 1.165) is 38.9 Å². The number of carbonyl (C=O) groups excluding carboxylic acids is 3. The number of hydrogen-bond donors (Lipinski definition) is 1. The number of urea groups is 1. The molecule has 1 aromatic carbocycles. The number of benzene rings is 1. The lowest BCUT2D eigenvalue weighted by Gasteiger charge is -2.35. The molecule has 7 nitrogen and oxygen atoms in total. The first-order valence-corrected chi connectivity index (χ1v) is 10.8. The standard InChI is InChI=1S/C22H30N4O3/c27-19(25-15-13-24(14-16-25)17-18-7-3-1-4-8-18)9-12-26-20(28)22(23-21(26)29)10-5-2-6-11-22/h1,3-4,7-8H,2,5-6,9-17H2,(H,23,29). The molecule has 2 aliphatic heterocycles. The highest BCUT2D eigenvalue weighted by molar-refractivity contribution is 6.07. The first-order chi connectivity index (χ1) is 14.1. The molecule has 0 aromatic heterocycles. The Morgan fingerprint density at radius 2 is 1.66 bits per heavy atom. The molecule has 1 N–H and O–H groups in total. The lowest BCUT2D eigenvalue weighted by Crippen LogP contribution is -2.49. The third-order valence-corrected chi connectivity index (χ3v) is 6.48. The predicted octanol–water partition coefficient (Wildman–Crippen LogP) is 1.98. The SMILES string of the molecule is O=C(CCN1C(=O)NC2(CCCCC2)C1=O)N1CCN(Cc2ccccc2)CC1. The summed E-state index contributed by atoms with van der Waals surface area (Å²) in [5, 5.41) is 2.91. The van der Waals surface area contributed by atoms with Gasteiger partial charge in [0.15, 0.2) is 0 Å². The van der Waals surface area contributed by atoms with E-state index in [9.17, 15) is 14.4 Å². The Labute approximate surface area is 172 Å². The minimum Gasteiger partial charge on any atom is -0.340 e. The van der Waals surface area contributed by atoms with Gasteiger partial charge in [-0.3, -0.25) is 19.4 Å². The lowest BCUT2D eigenvalue weighted by molar-refractivity contribution is -0.135. The Kier molecular flexibility index (Phi) is 5.85. The van der Waals surface area contributed by atoms with Crippen molar-refractivity contribution in [3.63, 3.8) is 0 Å². The van der Waals surface area contributed by atoms with Gasteiger partial charge in [0, 0.05) is 45.7 Å². The molecule has 1 saturated carbocycles. The molecule has 1 aliphatic carbocycles. The van der Waals surface area contributed by atoms with Crippen molar-refractivity contribution in [2.45, 2.75) is 50.6 Å². The van der Waals surface area contributed by atoms with E-state index in [1.807, 2.05) is 23.1 Å². The summed E-state index contributed by atoms with van der Waals surface area (Å²) in [6.45, 7) is 4.13.